The maximum atomic E-state index is 12.8. The van der Waals surface area contributed by atoms with Crippen LogP contribution in [0, 0.1) is 13.5 Å². The lowest BCUT2D eigenvalue weighted by Gasteiger charge is -2.37. The van der Waals surface area contributed by atoms with Crippen LogP contribution in [0.5, 0.6) is 5.75 Å². The highest BCUT2D eigenvalue weighted by Gasteiger charge is 2.45. The molecule has 2 aliphatic heterocycles. The van der Waals surface area contributed by atoms with Gasteiger partial charge in [0.2, 0.25) is 5.79 Å². The molecule has 7 rings (SSSR count). The number of ether oxygens (including phenoxy) is 3. The molecular formula is C38H42N8O4. The van der Waals surface area contributed by atoms with Gasteiger partial charge in [-0.3, -0.25) is 4.68 Å². The molecule has 0 unspecified atom stereocenters. The van der Waals surface area contributed by atoms with Crippen molar-refractivity contribution >= 4 is 17.1 Å². The molecule has 4 heterocycles. The summed E-state index contributed by atoms with van der Waals surface area (Å²) in [6.45, 7) is 18.1. The number of hydrogen-bond acceptors (Lipinski definition) is 8. The summed E-state index contributed by atoms with van der Waals surface area (Å²) in [5, 5.41) is 8.68. The highest BCUT2D eigenvalue weighted by molar-refractivity contribution is 5.55. The van der Waals surface area contributed by atoms with E-state index in [2.05, 4.69) is 56.0 Å². The Morgan fingerprint density at radius 1 is 0.980 bits per heavy atom. The topological polar surface area (TPSA) is 96.2 Å². The Morgan fingerprint density at radius 2 is 1.66 bits per heavy atom. The smallest absolute Gasteiger partial charge is 0.350 e. The van der Waals surface area contributed by atoms with Crippen molar-refractivity contribution in [2.24, 2.45) is 0 Å². The van der Waals surface area contributed by atoms with Crippen LogP contribution in [0.4, 0.5) is 17.1 Å². The van der Waals surface area contributed by atoms with Gasteiger partial charge in [0, 0.05) is 55.5 Å². The van der Waals surface area contributed by atoms with Crippen LogP contribution >= 0.6 is 0 Å². The summed E-state index contributed by atoms with van der Waals surface area (Å²) in [4.78, 5) is 21.1. The number of piperazine rings is 1. The fourth-order valence-electron chi connectivity index (χ4n) is 6.67. The highest BCUT2D eigenvalue weighted by Crippen LogP contribution is 2.39. The Hall–Kier alpha value is -5.38. The lowest BCUT2D eigenvalue weighted by atomic mass is 9.99. The van der Waals surface area contributed by atoms with Gasteiger partial charge in [0.05, 0.1) is 31.5 Å². The molecule has 2 saturated heterocycles. The average molecular weight is 675 g/mol. The zero-order valence-corrected chi connectivity index (χ0v) is 28.7. The summed E-state index contributed by atoms with van der Waals surface area (Å²) >= 11 is 0. The number of nitrogens with zero attached hydrogens (tertiary/aromatic N) is 8. The first-order valence-electron chi connectivity index (χ1n) is 17.1. The van der Waals surface area contributed by atoms with Crippen LogP contribution in [0.25, 0.3) is 10.5 Å². The molecule has 0 amide bonds. The van der Waals surface area contributed by atoms with Crippen molar-refractivity contribution in [1.82, 2.24) is 24.1 Å². The Balaban J connectivity index is 0.929. The minimum absolute atomic E-state index is 0.0664. The molecule has 0 bridgehead atoms. The van der Waals surface area contributed by atoms with Gasteiger partial charge in [0.15, 0.2) is 5.69 Å². The van der Waals surface area contributed by atoms with Crippen LogP contribution in [0.2, 0.25) is 0 Å². The Kier molecular flexibility index (Phi) is 9.43. The van der Waals surface area contributed by atoms with Crippen LogP contribution in [-0.2, 0) is 21.8 Å². The van der Waals surface area contributed by atoms with Crippen molar-refractivity contribution in [3.05, 3.63) is 125 Å². The summed E-state index contributed by atoms with van der Waals surface area (Å²) < 4.78 is 24.1. The van der Waals surface area contributed by atoms with E-state index in [1.807, 2.05) is 62.5 Å². The summed E-state index contributed by atoms with van der Waals surface area (Å²) in [7, 11) is 0. The van der Waals surface area contributed by atoms with Crippen molar-refractivity contribution in [3.8, 4) is 11.4 Å². The lowest BCUT2D eigenvalue weighted by Crippen LogP contribution is -2.46. The third kappa shape index (κ3) is 6.75. The van der Waals surface area contributed by atoms with E-state index in [1.165, 1.54) is 0 Å². The number of aromatic nitrogens is 5. The van der Waals surface area contributed by atoms with Gasteiger partial charge in [0.1, 0.15) is 24.8 Å². The second-order valence-corrected chi connectivity index (χ2v) is 12.9. The normalized spacial score (nSPS) is 19.8. The van der Waals surface area contributed by atoms with Crippen LogP contribution < -0.4 is 20.2 Å². The van der Waals surface area contributed by atoms with Gasteiger partial charge < -0.3 is 24.0 Å². The fraction of sp³-hybridized carbons (Fsp3) is 0.368. The number of anilines is 2. The molecule has 12 heteroatoms. The first-order valence-corrected chi connectivity index (χ1v) is 17.1. The highest BCUT2D eigenvalue weighted by atomic mass is 16.8. The molecule has 2 aromatic heterocycles. The molecule has 0 spiro atoms. The predicted molar refractivity (Wildman–Crippen MR) is 191 cm³/mol. The zero-order chi connectivity index (χ0) is 34.7. The van der Waals surface area contributed by atoms with Crippen molar-refractivity contribution in [1.29, 1.82) is 0 Å². The molecule has 258 valence electrons. The molecule has 50 heavy (non-hydrogen) atoms. The summed E-state index contributed by atoms with van der Waals surface area (Å²) in [6.07, 6.45) is 5.79. The minimum Gasteiger partial charge on any atom is -0.491 e. The summed E-state index contributed by atoms with van der Waals surface area (Å²) in [5.74, 6) is -0.262. The molecule has 2 aliphatic rings. The van der Waals surface area contributed by atoms with Gasteiger partial charge in [0.25, 0.3) is 0 Å². The van der Waals surface area contributed by atoms with E-state index < -0.39 is 5.79 Å². The monoisotopic (exact) mass is 674 g/mol. The van der Waals surface area contributed by atoms with Crippen molar-refractivity contribution in [3.63, 3.8) is 0 Å². The second-order valence-electron chi connectivity index (χ2n) is 12.9. The van der Waals surface area contributed by atoms with Crippen molar-refractivity contribution in [2.45, 2.75) is 51.7 Å². The number of aryl methyl sites for hydroxylation is 1. The number of benzene rings is 3. The third-order valence-electron chi connectivity index (χ3n) is 9.65. The molecule has 12 nitrogen and oxygen atoms in total. The average Bonchev–Trinajstić information content (AvgIpc) is 3.92. The van der Waals surface area contributed by atoms with E-state index in [0.29, 0.717) is 25.4 Å². The van der Waals surface area contributed by atoms with Gasteiger partial charge >= 0.3 is 5.69 Å². The van der Waals surface area contributed by atoms with Crippen LogP contribution in [0.3, 0.4) is 0 Å². The van der Waals surface area contributed by atoms with E-state index in [9.17, 15) is 4.79 Å². The maximum absolute atomic E-state index is 12.8. The van der Waals surface area contributed by atoms with Crippen LogP contribution in [0.1, 0.15) is 37.4 Å². The fourth-order valence-corrected chi connectivity index (χ4v) is 6.67. The van der Waals surface area contributed by atoms with Gasteiger partial charge in [-0.1, -0.05) is 30.7 Å². The zero-order valence-electron chi connectivity index (χ0n) is 28.7. The predicted octanol–water partition coefficient (Wildman–Crippen LogP) is 5.73. The van der Waals surface area contributed by atoms with Crippen LogP contribution in [-0.4, -0.2) is 69.6 Å². The molecule has 3 aromatic carbocycles. The van der Waals surface area contributed by atoms with E-state index in [-0.39, 0.29) is 17.8 Å². The molecule has 2 fully saturated rings. The molecule has 0 N–H and O–H groups in total. The third-order valence-corrected chi connectivity index (χ3v) is 9.65. The van der Waals surface area contributed by atoms with E-state index >= 15 is 0 Å². The van der Waals surface area contributed by atoms with Crippen molar-refractivity contribution < 1.29 is 14.2 Å². The molecule has 0 radical (unpaired) electrons. The summed E-state index contributed by atoms with van der Waals surface area (Å²) in [6, 6.07) is 23.9. The number of rotatable bonds is 11. The molecule has 5 aromatic rings. The number of hydrogen-bond donors (Lipinski definition) is 0. The Morgan fingerprint density at radius 3 is 2.28 bits per heavy atom. The van der Waals surface area contributed by atoms with Crippen LogP contribution in [0.15, 0.2) is 96.3 Å². The van der Waals surface area contributed by atoms with Gasteiger partial charge in [-0.2, -0.15) is 10.2 Å². The Bertz CT molecular complexity index is 1990. The SMILES string of the molecule is [C-]#[N+]c1ccc([C@]2(Cn3cccn3)OC[C@@H](COc3ccc(N4CCN(c5ccc(-n6cnn([C@@H](C)CC)c6=O)cc5)CC4)cc3)O2)c(C)c1. The largest absolute Gasteiger partial charge is 0.491 e. The first-order chi connectivity index (χ1) is 24.4. The first kappa shape index (κ1) is 33.1. The van der Waals surface area contributed by atoms with Gasteiger partial charge in [-0.25, -0.2) is 18.9 Å². The summed E-state index contributed by atoms with van der Waals surface area (Å²) in [5.41, 5.74) is 5.39. The molecule has 0 aliphatic carbocycles. The van der Waals surface area contributed by atoms with E-state index in [0.717, 1.165) is 66.5 Å². The molecular weight excluding hydrogens is 632 g/mol. The lowest BCUT2D eigenvalue weighted by molar-refractivity contribution is -0.191. The van der Waals surface area contributed by atoms with E-state index in [1.54, 1.807) is 32.5 Å². The minimum atomic E-state index is -1.03. The van der Waals surface area contributed by atoms with Crippen molar-refractivity contribution in [2.75, 3.05) is 49.2 Å². The van der Waals surface area contributed by atoms with Gasteiger partial charge in [-0.05, 0) is 74.9 Å². The second kappa shape index (κ2) is 14.2. The standard InChI is InChI=1S/C38H42N8O4/c1-5-29(3)46-37(47)45(27-41-46)33-10-8-31(9-11-33)42-19-21-43(22-20-42)32-12-14-34(15-13-32)48-24-35-25-49-38(50-35,26-44-18-6-17-40-44)36-16-7-30(39-4)23-28(36)2/h6-18,23,27,29,35H,5,19-22,24-26H2,1-3H3/t29-,35+,38+/m0/s1. The molecule has 0 saturated carbocycles. The van der Waals surface area contributed by atoms with Gasteiger partial charge in [-0.15, -0.1) is 0 Å². The maximum Gasteiger partial charge on any atom is 0.350 e. The van der Waals surface area contributed by atoms with E-state index in [4.69, 9.17) is 20.8 Å². The molecule has 3 atom stereocenters. The Labute approximate surface area is 291 Å². The quantitative estimate of drug-likeness (QED) is 0.164.